The zero-order valence-electron chi connectivity index (χ0n) is 8.30. The molecule has 0 radical (unpaired) electrons. The summed E-state index contributed by atoms with van der Waals surface area (Å²) in [5, 5.41) is 0. The lowest BCUT2D eigenvalue weighted by Gasteiger charge is -2.23. The van der Waals surface area contributed by atoms with Gasteiger partial charge in [-0.25, -0.2) is 4.98 Å². The van der Waals surface area contributed by atoms with Crippen molar-refractivity contribution in [3.63, 3.8) is 0 Å². The topological polar surface area (TPSA) is 43.8 Å². The highest BCUT2D eigenvalue weighted by Gasteiger charge is 2.39. The average Bonchev–Trinajstić information content (AvgIpc) is 2.42. The Morgan fingerprint density at radius 2 is 2.13 bits per heavy atom. The van der Waals surface area contributed by atoms with Crippen LogP contribution in [0.2, 0.25) is 0 Å². The quantitative estimate of drug-likeness (QED) is 0.718. The molecule has 0 saturated heterocycles. The van der Waals surface area contributed by atoms with Crippen LogP contribution in [0.15, 0.2) is 0 Å². The highest BCUT2D eigenvalue weighted by molar-refractivity contribution is 5.20. The maximum atomic E-state index is 12.6. The number of nitrogens with zero attached hydrogens (tertiary/aromatic N) is 2. The normalized spacial score (nSPS) is 21.5. The van der Waals surface area contributed by atoms with Crippen LogP contribution in [0.4, 0.5) is 13.2 Å². The van der Waals surface area contributed by atoms with Crippen LogP contribution in [-0.2, 0) is 19.1 Å². The van der Waals surface area contributed by atoms with E-state index in [1.807, 2.05) is 0 Å². The first-order chi connectivity index (χ1) is 6.89. The lowest BCUT2D eigenvalue weighted by Crippen LogP contribution is -2.34. The van der Waals surface area contributed by atoms with Crippen LogP contribution in [0.1, 0.15) is 23.6 Å². The summed E-state index contributed by atoms with van der Waals surface area (Å²) < 4.78 is 39.0. The molecule has 0 aromatic carbocycles. The molecule has 2 heterocycles. The standard InChI is InChI=1S/C9H12F3N3/c1-5-7-3-2-6(13)4-15(7)8(14-5)9(10,11)12/h6H,2-4,13H2,1H3. The van der Waals surface area contributed by atoms with Crippen LogP contribution in [0.3, 0.4) is 0 Å². The van der Waals surface area contributed by atoms with Gasteiger partial charge in [-0.05, 0) is 19.8 Å². The Hall–Kier alpha value is -1.04. The van der Waals surface area contributed by atoms with Gasteiger partial charge in [-0.3, -0.25) is 0 Å². The SMILES string of the molecule is Cc1nc(C(F)(F)F)n2c1CCC(N)C2. The van der Waals surface area contributed by atoms with E-state index in [9.17, 15) is 13.2 Å². The van der Waals surface area contributed by atoms with E-state index in [1.54, 1.807) is 6.92 Å². The van der Waals surface area contributed by atoms with Crippen LogP contribution >= 0.6 is 0 Å². The zero-order valence-corrected chi connectivity index (χ0v) is 8.30. The van der Waals surface area contributed by atoms with Gasteiger partial charge in [-0.15, -0.1) is 0 Å². The van der Waals surface area contributed by atoms with Gasteiger partial charge in [0.25, 0.3) is 0 Å². The van der Waals surface area contributed by atoms with Gasteiger partial charge in [0.2, 0.25) is 5.82 Å². The number of hydrogen-bond donors (Lipinski definition) is 1. The molecule has 2 N–H and O–H groups in total. The van der Waals surface area contributed by atoms with Crippen LogP contribution in [0.5, 0.6) is 0 Å². The fraction of sp³-hybridized carbons (Fsp3) is 0.667. The van der Waals surface area contributed by atoms with Crippen molar-refractivity contribution < 1.29 is 13.2 Å². The number of nitrogens with two attached hydrogens (primary N) is 1. The Kier molecular flexibility index (Phi) is 2.26. The van der Waals surface area contributed by atoms with Gasteiger partial charge in [0.1, 0.15) is 0 Å². The summed E-state index contributed by atoms with van der Waals surface area (Å²) in [5.74, 6) is -0.815. The smallest absolute Gasteiger partial charge is 0.326 e. The molecule has 0 amide bonds. The lowest BCUT2D eigenvalue weighted by atomic mass is 10.1. The van der Waals surface area contributed by atoms with E-state index in [-0.39, 0.29) is 12.6 Å². The van der Waals surface area contributed by atoms with Crippen molar-refractivity contribution >= 4 is 0 Å². The first-order valence-electron chi connectivity index (χ1n) is 4.78. The molecular formula is C9H12F3N3. The van der Waals surface area contributed by atoms with Crippen LogP contribution in [-0.4, -0.2) is 15.6 Å². The third-order valence-electron chi connectivity index (χ3n) is 2.70. The maximum absolute atomic E-state index is 12.6. The number of hydrogen-bond acceptors (Lipinski definition) is 2. The summed E-state index contributed by atoms with van der Waals surface area (Å²) in [5.41, 5.74) is 6.79. The second-order valence-electron chi connectivity index (χ2n) is 3.87. The fourth-order valence-electron chi connectivity index (χ4n) is 1.98. The maximum Gasteiger partial charge on any atom is 0.449 e. The molecular weight excluding hydrogens is 207 g/mol. The van der Waals surface area contributed by atoms with Gasteiger partial charge in [-0.1, -0.05) is 0 Å². The highest BCUT2D eigenvalue weighted by atomic mass is 19.4. The molecule has 3 nitrogen and oxygen atoms in total. The second kappa shape index (κ2) is 3.23. The van der Waals surface area contributed by atoms with E-state index in [0.717, 1.165) is 6.42 Å². The van der Waals surface area contributed by atoms with E-state index in [2.05, 4.69) is 4.98 Å². The molecule has 1 aromatic rings. The molecule has 0 fully saturated rings. The van der Waals surface area contributed by atoms with E-state index in [0.29, 0.717) is 17.8 Å². The Bertz CT molecular complexity index is 381. The highest BCUT2D eigenvalue weighted by Crippen LogP contribution is 2.32. The van der Waals surface area contributed by atoms with Crippen molar-refractivity contribution in [2.24, 2.45) is 5.73 Å². The number of halogens is 3. The minimum absolute atomic E-state index is 0.202. The van der Waals surface area contributed by atoms with Crippen LogP contribution in [0.25, 0.3) is 0 Å². The van der Waals surface area contributed by atoms with Crippen molar-refractivity contribution in [2.45, 2.75) is 38.5 Å². The van der Waals surface area contributed by atoms with Crippen molar-refractivity contribution in [3.05, 3.63) is 17.2 Å². The molecule has 6 heteroatoms. The summed E-state index contributed by atoms with van der Waals surface area (Å²) in [6, 6.07) is -0.202. The third-order valence-corrected chi connectivity index (χ3v) is 2.70. The molecule has 15 heavy (non-hydrogen) atoms. The largest absolute Gasteiger partial charge is 0.449 e. The molecule has 84 valence electrons. The minimum Gasteiger partial charge on any atom is -0.326 e. The van der Waals surface area contributed by atoms with Gasteiger partial charge in [-0.2, -0.15) is 13.2 Å². The summed E-state index contributed by atoms with van der Waals surface area (Å²) in [6.45, 7) is 1.82. The summed E-state index contributed by atoms with van der Waals surface area (Å²) in [7, 11) is 0. The molecule has 1 aromatic heterocycles. The Morgan fingerprint density at radius 1 is 1.47 bits per heavy atom. The summed E-state index contributed by atoms with van der Waals surface area (Å²) >= 11 is 0. The Morgan fingerprint density at radius 3 is 2.73 bits per heavy atom. The van der Waals surface area contributed by atoms with Crippen LogP contribution in [0, 0.1) is 6.92 Å². The Labute approximate surface area is 85.1 Å². The minimum atomic E-state index is -4.39. The van der Waals surface area contributed by atoms with E-state index in [4.69, 9.17) is 5.73 Å². The van der Waals surface area contributed by atoms with Gasteiger partial charge in [0.15, 0.2) is 0 Å². The number of aromatic nitrogens is 2. The molecule has 1 aliphatic heterocycles. The number of aryl methyl sites for hydroxylation is 1. The summed E-state index contributed by atoms with van der Waals surface area (Å²) in [4.78, 5) is 3.58. The van der Waals surface area contributed by atoms with Gasteiger partial charge >= 0.3 is 6.18 Å². The molecule has 0 aliphatic carbocycles. The molecule has 1 aliphatic rings. The number of rotatable bonds is 0. The number of imidazole rings is 1. The predicted molar refractivity (Wildman–Crippen MR) is 48.3 cm³/mol. The van der Waals surface area contributed by atoms with Gasteiger partial charge in [0, 0.05) is 18.3 Å². The van der Waals surface area contributed by atoms with E-state index in [1.165, 1.54) is 4.57 Å². The van der Waals surface area contributed by atoms with Crippen molar-refractivity contribution in [1.82, 2.24) is 9.55 Å². The monoisotopic (exact) mass is 219 g/mol. The first kappa shape index (κ1) is 10.5. The zero-order chi connectivity index (χ0) is 11.2. The number of fused-ring (bicyclic) bond motifs is 1. The second-order valence-corrected chi connectivity index (χ2v) is 3.87. The first-order valence-corrected chi connectivity index (χ1v) is 4.78. The summed E-state index contributed by atoms with van der Waals surface area (Å²) in [6.07, 6.45) is -3.08. The molecule has 1 unspecified atom stereocenters. The van der Waals surface area contributed by atoms with Crippen molar-refractivity contribution in [1.29, 1.82) is 0 Å². The Balaban J connectivity index is 2.50. The van der Waals surface area contributed by atoms with Gasteiger partial charge in [0.05, 0.1) is 5.69 Å². The molecule has 0 spiro atoms. The van der Waals surface area contributed by atoms with Crippen LogP contribution < -0.4 is 5.73 Å². The fourth-order valence-corrected chi connectivity index (χ4v) is 1.98. The predicted octanol–water partition coefficient (Wildman–Crippen LogP) is 1.48. The molecule has 2 rings (SSSR count). The lowest BCUT2D eigenvalue weighted by molar-refractivity contribution is -0.147. The molecule has 0 bridgehead atoms. The van der Waals surface area contributed by atoms with Crippen molar-refractivity contribution in [2.75, 3.05) is 0 Å². The van der Waals surface area contributed by atoms with Gasteiger partial charge < -0.3 is 10.3 Å². The molecule has 0 saturated carbocycles. The van der Waals surface area contributed by atoms with E-state index < -0.39 is 12.0 Å². The van der Waals surface area contributed by atoms with E-state index >= 15 is 0 Å². The third kappa shape index (κ3) is 1.73. The average molecular weight is 219 g/mol. The molecule has 1 atom stereocenters. The van der Waals surface area contributed by atoms with Crippen molar-refractivity contribution in [3.8, 4) is 0 Å². The number of alkyl halides is 3.